The van der Waals surface area contributed by atoms with E-state index >= 15 is 0 Å². The Labute approximate surface area is 149 Å². The van der Waals surface area contributed by atoms with Crippen LogP contribution in [0.25, 0.3) is 0 Å². The summed E-state index contributed by atoms with van der Waals surface area (Å²) in [5, 5.41) is 9.02. The van der Waals surface area contributed by atoms with Crippen molar-refractivity contribution in [3.63, 3.8) is 0 Å². The van der Waals surface area contributed by atoms with Gasteiger partial charge in [0, 0.05) is 6.07 Å². The molecule has 1 aliphatic carbocycles. The number of aromatic nitrogens is 1. The van der Waals surface area contributed by atoms with Crippen LogP contribution in [0.3, 0.4) is 0 Å². The molecule has 1 saturated heterocycles. The third-order valence-electron chi connectivity index (χ3n) is 4.85. The van der Waals surface area contributed by atoms with Crippen LogP contribution in [-0.4, -0.2) is 34.4 Å². The summed E-state index contributed by atoms with van der Waals surface area (Å²) in [7, 11) is 0. The first-order chi connectivity index (χ1) is 12.5. The Balaban J connectivity index is 1.56. The Morgan fingerprint density at radius 1 is 1.38 bits per heavy atom. The molecule has 2 aromatic rings. The molecule has 4 amide bonds. The van der Waals surface area contributed by atoms with Gasteiger partial charge in [0.15, 0.2) is 5.82 Å². The molecule has 1 atom stereocenters. The highest BCUT2D eigenvalue weighted by Crippen LogP contribution is 2.39. The van der Waals surface area contributed by atoms with Gasteiger partial charge in [0.2, 0.25) is 5.91 Å². The summed E-state index contributed by atoms with van der Waals surface area (Å²) in [6.07, 6.45) is 2.18. The zero-order chi connectivity index (χ0) is 18.3. The topological polar surface area (TPSA) is 105 Å². The maximum absolute atomic E-state index is 13.1. The van der Waals surface area contributed by atoms with E-state index in [9.17, 15) is 14.4 Å². The normalized spacial score (nSPS) is 21.7. The number of nitrogens with zero attached hydrogens (tertiary/aromatic N) is 2. The second-order valence-corrected chi connectivity index (χ2v) is 6.61. The molecule has 0 unspecified atom stereocenters. The smallest absolute Gasteiger partial charge is 0.325 e. The molecule has 4 rings (SSSR count). The van der Waals surface area contributed by atoms with Crippen molar-refractivity contribution in [2.24, 2.45) is 0 Å². The number of benzene rings is 1. The lowest BCUT2D eigenvalue weighted by Crippen LogP contribution is -2.47. The van der Waals surface area contributed by atoms with Gasteiger partial charge < -0.3 is 15.2 Å². The molecule has 0 radical (unpaired) electrons. The minimum atomic E-state index is -1.07. The molecular weight excluding hydrogens is 336 g/mol. The van der Waals surface area contributed by atoms with E-state index in [0.29, 0.717) is 12.2 Å². The number of fused-ring (bicyclic) bond motifs is 2. The van der Waals surface area contributed by atoms with E-state index in [-0.39, 0.29) is 18.3 Å². The summed E-state index contributed by atoms with van der Waals surface area (Å²) >= 11 is 0. The van der Waals surface area contributed by atoms with Gasteiger partial charge in [0.1, 0.15) is 17.8 Å². The van der Waals surface area contributed by atoms with E-state index < -0.39 is 17.5 Å². The molecule has 2 aliphatic rings. The van der Waals surface area contributed by atoms with Gasteiger partial charge in [-0.1, -0.05) is 29.4 Å². The third-order valence-corrected chi connectivity index (χ3v) is 4.85. The van der Waals surface area contributed by atoms with Gasteiger partial charge in [-0.05, 0) is 37.3 Å². The fourth-order valence-corrected chi connectivity index (χ4v) is 3.71. The van der Waals surface area contributed by atoms with Crippen LogP contribution in [0.1, 0.15) is 29.7 Å². The summed E-state index contributed by atoms with van der Waals surface area (Å²) in [5.41, 5.74) is 0.799. The van der Waals surface area contributed by atoms with Crippen molar-refractivity contribution < 1.29 is 18.9 Å². The van der Waals surface area contributed by atoms with Crippen molar-refractivity contribution >= 4 is 23.7 Å². The SMILES string of the molecule is Cc1cc(NC(=O)CN2C(=O)N[C@]3(CCCc4ccccc43)C2=O)no1. The summed E-state index contributed by atoms with van der Waals surface area (Å²) in [6.45, 7) is 1.32. The molecule has 134 valence electrons. The van der Waals surface area contributed by atoms with Crippen LogP contribution in [0.15, 0.2) is 34.9 Å². The standard InChI is InChI=1S/C18H18N4O4/c1-11-9-14(21-26-11)19-15(23)10-22-16(24)18(20-17(22)25)8-4-6-12-5-2-3-7-13(12)18/h2-3,5,7,9H,4,6,8,10H2,1H3,(H,20,25)(H,19,21,23)/t18-/m0/s1. The highest BCUT2D eigenvalue weighted by atomic mass is 16.5. The van der Waals surface area contributed by atoms with Crippen molar-refractivity contribution in [3.05, 3.63) is 47.2 Å². The minimum Gasteiger partial charge on any atom is -0.360 e. The number of carbonyl (C=O) groups is 3. The first-order valence-electron chi connectivity index (χ1n) is 8.45. The number of hydrogen-bond donors (Lipinski definition) is 2. The third kappa shape index (κ3) is 2.54. The molecule has 1 spiro atoms. The van der Waals surface area contributed by atoms with Gasteiger partial charge >= 0.3 is 6.03 Å². The predicted molar refractivity (Wildman–Crippen MR) is 91.2 cm³/mol. The maximum atomic E-state index is 13.1. The number of imide groups is 1. The van der Waals surface area contributed by atoms with Crippen molar-refractivity contribution in [1.29, 1.82) is 0 Å². The van der Waals surface area contributed by atoms with E-state index in [1.165, 1.54) is 0 Å². The zero-order valence-corrected chi connectivity index (χ0v) is 14.2. The predicted octanol–water partition coefficient (Wildman–Crippen LogP) is 1.71. The second-order valence-electron chi connectivity index (χ2n) is 6.61. The van der Waals surface area contributed by atoms with Crippen LogP contribution < -0.4 is 10.6 Å². The highest BCUT2D eigenvalue weighted by molar-refractivity contribution is 6.10. The molecular formula is C18H18N4O4. The first-order valence-corrected chi connectivity index (χ1v) is 8.45. The van der Waals surface area contributed by atoms with E-state index in [2.05, 4.69) is 15.8 Å². The fourth-order valence-electron chi connectivity index (χ4n) is 3.71. The van der Waals surface area contributed by atoms with Gasteiger partial charge in [0.05, 0.1) is 0 Å². The van der Waals surface area contributed by atoms with E-state index in [0.717, 1.165) is 28.9 Å². The summed E-state index contributed by atoms with van der Waals surface area (Å²) in [4.78, 5) is 38.7. The fraction of sp³-hybridized carbons (Fsp3) is 0.333. The van der Waals surface area contributed by atoms with Crippen LogP contribution in [-0.2, 0) is 21.5 Å². The number of hydrogen-bond acceptors (Lipinski definition) is 5. The number of urea groups is 1. The Bertz CT molecular complexity index is 906. The van der Waals surface area contributed by atoms with Crippen molar-refractivity contribution in [2.45, 2.75) is 31.7 Å². The molecule has 2 N–H and O–H groups in total. The van der Waals surface area contributed by atoms with E-state index in [1.54, 1.807) is 13.0 Å². The quantitative estimate of drug-likeness (QED) is 0.817. The minimum absolute atomic E-state index is 0.247. The first kappa shape index (κ1) is 16.3. The molecule has 1 aliphatic heterocycles. The van der Waals surface area contributed by atoms with Gasteiger partial charge in [-0.15, -0.1) is 0 Å². The summed E-state index contributed by atoms with van der Waals surface area (Å²) in [5.74, 6) is -0.102. The Kier molecular flexibility index (Phi) is 3.75. The van der Waals surface area contributed by atoms with Gasteiger partial charge in [-0.2, -0.15) is 0 Å². The molecule has 1 aromatic carbocycles. The second kappa shape index (κ2) is 5.98. The largest absolute Gasteiger partial charge is 0.360 e. The Hall–Kier alpha value is -3.16. The highest BCUT2D eigenvalue weighted by Gasteiger charge is 2.54. The molecule has 1 aromatic heterocycles. The number of aryl methyl sites for hydroxylation is 2. The van der Waals surface area contributed by atoms with Crippen molar-refractivity contribution in [1.82, 2.24) is 15.4 Å². The maximum Gasteiger partial charge on any atom is 0.325 e. The van der Waals surface area contributed by atoms with Gasteiger partial charge in [-0.25, -0.2) is 4.79 Å². The molecule has 2 heterocycles. The van der Waals surface area contributed by atoms with Crippen molar-refractivity contribution in [3.8, 4) is 0 Å². The lowest BCUT2D eigenvalue weighted by atomic mass is 9.76. The van der Waals surface area contributed by atoms with Crippen molar-refractivity contribution in [2.75, 3.05) is 11.9 Å². The van der Waals surface area contributed by atoms with Gasteiger partial charge in [-0.3, -0.25) is 14.5 Å². The summed E-state index contributed by atoms with van der Waals surface area (Å²) < 4.78 is 4.88. The molecule has 8 nitrogen and oxygen atoms in total. The van der Waals surface area contributed by atoms with Crippen LogP contribution in [0.2, 0.25) is 0 Å². The monoisotopic (exact) mass is 354 g/mol. The molecule has 8 heteroatoms. The van der Waals surface area contributed by atoms with Crippen LogP contribution >= 0.6 is 0 Å². The average Bonchev–Trinajstić information content (AvgIpc) is 3.12. The van der Waals surface area contributed by atoms with Gasteiger partial charge in [0.25, 0.3) is 5.91 Å². The average molecular weight is 354 g/mol. The van der Waals surface area contributed by atoms with Crippen LogP contribution in [0, 0.1) is 6.92 Å². The lowest BCUT2D eigenvalue weighted by molar-refractivity contribution is -0.134. The Morgan fingerprint density at radius 2 is 2.19 bits per heavy atom. The number of anilines is 1. The van der Waals surface area contributed by atoms with E-state index in [4.69, 9.17) is 4.52 Å². The van der Waals surface area contributed by atoms with Crippen LogP contribution in [0.5, 0.6) is 0 Å². The van der Waals surface area contributed by atoms with Crippen LogP contribution in [0.4, 0.5) is 10.6 Å². The number of rotatable bonds is 3. The zero-order valence-electron chi connectivity index (χ0n) is 14.2. The van der Waals surface area contributed by atoms with E-state index in [1.807, 2.05) is 24.3 Å². The number of carbonyl (C=O) groups excluding carboxylic acids is 3. The molecule has 0 saturated carbocycles. The molecule has 26 heavy (non-hydrogen) atoms. The number of nitrogens with one attached hydrogen (secondary N) is 2. The lowest BCUT2D eigenvalue weighted by Gasteiger charge is -2.33. The molecule has 1 fully saturated rings. The number of amides is 4. The Morgan fingerprint density at radius 3 is 2.96 bits per heavy atom. The summed E-state index contributed by atoms with van der Waals surface area (Å²) in [6, 6.07) is 8.62. The molecule has 0 bridgehead atoms.